The van der Waals surface area contributed by atoms with Crippen molar-refractivity contribution in [2.24, 2.45) is 0 Å². The maximum atomic E-state index is 13.2. The average Bonchev–Trinajstić information content (AvgIpc) is 2.79. The highest BCUT2D eigenvalue weighted by atomic mass is 127. The van der Waals surface area contributed by atoms with Crippen LogP contribution in [0.5, 0.6) is 11.5 Å². The molecular weight excluding hydrogens is 808 g/mol. The number of carbonyl (C=O) groups is 2. The van der Waals surface area contributed by atoms with Crippen LogP contribution >= 0.6 is 61.1 Å². The zero-order valence-corrected chi connectivity index (χ0v) is 28.6. The molecule has 0 spiro atoms. The third-order valence-electron chi connectivity index (χ3n) is 3.60. The third-order valence-corrected chi connectivity index (χ3v) is 5.74. The molecule has 0 aliphatic rings. The van der Waals surface area contributed by atoms with Crippen molar-refractivity contribution in [2.45, 2.75) is 52.7 Å². The summed E-state index contributed by atoms with van der Waals surface area (Å²) in [6, 6.07) is 8.68. The quantitative estimate of drug-likeness (QED) is 0.160. The van der Waals surface area contributed by atoms with Gasteiger partial charge in [0.2, 0.25) is 0 Å². The predicted octanol–water partition coefficient (Wildman–Crippen LogP) is 7.38. The van der Waals surface area contributed by atoms with Crippen molar-refractivity contribution in [3.63, 3.8) is 0 Å². The predicted molar refractivity (Wildman–Crippen MR) is 168 cm³/mol. The van der Waals surface area contributed by atoms with E-state index >= 15 is 0 Å². The van der Waals surface area contributed by atoms with Gasteiger partial charge in [-0.2, -0.15) is 0 Å². The minimum absolute atomic E-state index is 0.0343. The van der Waals surface area contributed by atoms with Gasteiger partial charge in [-0.25, -0.2) is 18.4 Å². The number of halogens is 5. The normalized spacial score (nSPS) is 10.6. The molecule has 0 fully saturated rings. The summed E-state index contributed by atoms with van der Waals surface area (Å²) in [5.74, 6) is -0.300. The van der Waals surface area contributed by atoms with E-state index in [0.717, 1.165) is 11.4 Å². The molecule has 0 radical (unpaired) electrons. The molecule has 2 rings (SSSR count). The fourth-order valence-electron chi connectivity index (χ4n) is 2.15. The molecule has 0 unspecified atom stereocenters. The van der Waals surface area contributed by atoms with Crippen LogP contribution in [0.1, 0.15) is 41.5 Å². The number of ether oxygens (including phenoxy) is 3. The van der Waals surface area contributed by atoms with Crippen molar-refractivity contribution in [3.05, 3.63) is 55.2 Å². The second-order valence-electron chi connectivity index (χ2n) is 9.57. The molecule has 2 aromatic rings. The Morgan fingerprint density at radius 3 is 1.72 bits per heavy atom. The van der Waals surface area contributed by atoms with Crippen LogP contribution in [0, 0.1) is 18.8 Å². The molecule has 3 N–H and O–H groups in total. The van der Waals surface area contributed by atoms with Crippen LogP contribution in [-0.2, 0) is 9.47 Å². The molecule has 13 heteroatoms. The lowest BCUT2D eigenvalue weighted by Crippen LogP contribution is -2.34. The molecule has 0 aliphatic heterocycles. The molecule has 0 saturated carbocycles. The minimum Gasteiger partial charge on any atom is -0.508 e. The van der Waals surface area contributed by atoms with Gasteiger partial charge in [-0.15, -0.1) is 0 Å². The van der Waals surface area contributed by atoms with Gasteiger partial charge in [0, 0.05) is 31.1 Å². The first kappa shape index (κ1) is 37.4. The smallest absolute Gasteiger partial charge is 0.407 e. The number of benzene rings is 2. The number of phenols is 1. The molecule has 2 amide bonds. The van der Waals surface area contributed by atoms with E-state index < -0.39 is 17.3 Å². The minimum atomic E-state index is -0.524. The number of alkyl carbamates (subject to hydrolysis) is 2. The Hall–Kier alpha value is -1.62. The van der Waals surface area contributed by atoms with Gasteiger partial charge in [-0.3, -0.25) is 0 Å². The fraction of sp³-hybridized carbons (Fsp3) is 0.462. The second kappa shape index (κ2) is 18.7. The van der Waals surface area contributed by atoms with E-state index in [1.807, 2.05) is 66.0 Å². The zero-order chi connectivity index (χ0) is 30.2. The molecule has 0 bridgehead atoms. The fourth-order valence-corrected chi connectivity index (χ4v) is 3.02. The molecule has 2 aromatic carbocycles. The number of nitrogens with one attached hydrogen (secondary N) is 2. The average molecular weight is 843 g/mol. The van der Waals surface area contributed by atoms with Gasteiger partial charge in [0.1, 0.15) is 40.9 Å². The molecule has 0 atom stereocenters. The SMILES string of the molecule is CC(C)(C)OC(=O)NCCBr.CC(C)(C)OC(=O)NCCOc1ccc(I)c(F)c1.Oc1ccc(I)c(F)c1. The summed E-state index contributed by atoms with van der Waals surface area (Å²) in [6.07, 6.45) is -0.859. The van der Waals surface area contributed by atoms with Crippen molar-refractivity contribution in [1.29, 1.82) is 0 Å². The van der Waals surface area contributed by atoms with Gasteiger partial charge in [0.05, 0.1) is 6.54 Å². The van der Waals surface area contributed by atoms with Gasteiger partial charge >= 0.3 is 12.2 Å². The maximum absolute atomic E-state index is 13.2. The Labute approximate surface area is 264 Å². The first-order chi connectivity index (χ1) is 17.9. The summed E-state index contributed by atoms with van der Waals surface area (Å²) >= 11 is 6.95. The van der Waals surface area contributed by atoms with E-state index in [0.29, 0.717) is 26.0 Å². The standard InChI is InChI=1S/C13H17FINO3.C7H14BrNO2.C6H4FIO/c1-13(2,3)19-12(17)16-6-7-18-9-4-5-11(15)10(14)8-9;1-7(2,3)11-6(10)9-5-4-8;7-5-3-4(9)1-2-6(5)8/h4-5,8H,6-7H2,1-3H3,(H,16,17);4-5H2,1-3H3,(H,9,10);1-3,9H. The molecule has 39 heavy (non-hydrogen) atoms. The highest BCUT2D eigenvalue weighted by Gasteiger charge is 2.16. The van der Waals surface area contributed by atoms with Crippen LogP contribution in [-0.4, -0.2) is 53.5 Å². The summed E-state index contributed by atoms with van der Waals surface area (Å²) in [7, 11) is 0. The number of amides is 2. The Morgan fingerprint density at radius 1 is 0.846 bits per heavy atom. The van der Waals surface area contributed by atoms with E-state index in [2.05, 4.69) is 26.6 Å². The molecule has 0 saturated heterocycles. The number of hydrogen-bond donors (Lipinski definition) is 3. The molecule has 0 aliphatic carbocycles. The number of phenolic OH excluding ortho intramolecular Hbond substituents is 1. The second-order valence-corrected chi connectivity index (χ2v) is 12.7. The maximum Gasteiger partial charge on any atom is 0.407 e. The highest BCUT2D eigenvalue weighted by Crippen LogP contribution is 2.18. The highest BCUT2D eigenvalue weighted by molar-refractivity contribution is 14.1. The van der Waals surface area contributed by atoms with Crippen molar-refractivity contribution >= 4 is 73.3 Å². The van der Waals surface area contributed by atoms with Crippen LogP contribution in [0.3, 0.4) is 0 Å². The van der Waals surface area contributed by atoms with Crippen molar-refractivity contribution < 1.29 is 37.7 Å². The number of hydrogen-bond acceptors (Lipinski definition) is 6. The largest absolute Gasteiger partial charge is 0.508 e. The van der Waals surface area contributed by atoms with E-state index in [1.54, 1.807) is 32.9 Å². The van der Waals surface area contributed by atoms with E-state index in [-0.39, 0.29) is 30.1 Å². The van der Waals surface area contributed by atoms with Crippen molar-refractivity contribution in [1.82, 2.24) is 10.6 Å². The first-order valence-corrected chi connectivity index (χ1v) is 14.9. The van der Waals surface area contributed by atoms with Crippen LogP contribution in [0.25, 0.3) is 0 Å². The van der Waals surface area contributed by atoms with E-state index in [9.17, 15) is 18.4 Å². The topological polar surface area (TPSA) is 106 Å². The van der Waals surface area contributed by atoms with Crippen molar-refractivity contribution in [2.75, 3.05) is 25.0 Å². The Balaban J connectivity index is 0.000000611. The van der Waals surface area contributed by atoms with Crippen LogP contribution in [0.15, 0.2) is 36.4 Å². The molecular formula is C26H35BrF2I2N2O6. The molecule has 220 valence electrons. The lowest BCUT2D eigenvalue weighted by atomic mass is 10.2. The summed E-state index contributed by atoms with van der Waals surface area (Å²) in [4.78, 5) is 22.2. The summed E-state index contributed by atoms with van der Waals surface area (Å²) in [6.45, 7) is 12.0. The summed E-state index contributed by atoms with van der Waals surface area (Å²) < 4.78 is 42.0. The Morgan fingerprint density at radius 2 is 1.31 bits per heavy atom. The van der Waals surface area contributed by atoms with Crippen LogP contribution in [0.2, 0.25) is 0 Å². The number of carbonyl (C=O) groups excluding carboxylic acids is 2. The van der Waals surface area contributed by atoms with E-state index in [1.165, 1.54) is 18.2 Å². The van der Waals surface area contributed by atoms with Gasteiger partial charge < -0.3 is 30.0 Å². The van der Waals surface area contributed by atoms with Gasteiger partial charge in [-0.05, 0) is 111 Å². The molecule has 0 aromatic heterocycles. The number of rotatable bonds is 6. The summed E-state index contributed by atoms with van der Waals surface area (Å²) in [5, 5.41) is 14.6. The third kappa shape index (κ3) is 20.9. The van der Waals surface area contributed by atoms with Crippen molar-refractivity contribution in [3.8, 4) is 11.5 Å². The summed E-state index contributed by atoms with van der Waals surface area (Å²) in [5.41, 5.74) is -0.930. The molecule has 0 heterocycles. The lowest BCUT2D eigenvalue weighted by molar-refractivity contribution is 0.0513. The number of aromatic hydroxyl groups is 1. The van der Waals surface area contributed by atoms with E-state index in [4.69, 9.17) is 19.3 Å². The van der Waals surface area contributed by atoms with Crippen LogP contribution in [0.4, 0.5) is 18.4 Å². The first-order valence-electron chi connectivity index (χ1n) is 11.6. The zero-order valence-electron chi connectivity index (χ0n) is 22.7. The lowest BCUT2D eigenvalue weighted by Gasteiger charge is -2.19. The van der Waals surface area contributed by atoms with Gasteiger partial charge in [0.25, 0.3) is 0 Å². The number of alkyl halides is 1. The van der Waals surface area contributed by atoms with Crippen LogP contribution < -0.4 is 15.4 Å². The monoisotopic (exact) mass is 842 g/mol. The van der Waals surface area contributed by atoms with Gasteiger partial charge in [0.15, 0.2) is 0 Å². The van der Waals surface area contributed by atoms with Gasteiger partial charge in [-0.1, -0.05) is 15.9 Å². The Bertz CT molecular complexity index is 1050. The molecule has 8 nitrogen and oxygen atoms in total. The Kier molecular flexibility index (Phi) is 17.9.